The van der Waals surface area contributed by atoms with E-state index < -0.39 is 21.7 Å². The molecule has 0 saturated heterocycles. The van der Waals surface area contributed by atoms with Gasteiger partial charge in [0.05, 0.1) is 15.6 Å². The number of anilines is 2. The van der Waals surface area contributed by atoms with Crippen LogP contribution in [-0.4, -0.2) is 14.3 Å². The average molecular weight is 484 g/mol. The first kappa shape index (κ1) is 24.0. The van der Waals surface area contributed by atoms with Gasteiger partial charge in [0.2, 0.25) is 0 Å². The van der Waals surface area contributed by atoms with Gasteiger partial charge >= 0.3 is 0 Å². The highest BCUT2D eigenvalue weighted by atomic mass is 35.5. The minimum Gasteiger partial charge on any atom is -0.321 e. The lowest BCUT2D eigenvalue weighted by atomic mass is 10.1. The number of nitrogens with zero attached hydrogens (tertiary/aromatic N) is 1. The summed E-state index contributed by atoms with van der Waals surface area (Å²) in [4.78, 5) is 12.5. The number of rotatable bonds is 6. The molecule has 33 heavy (non-hydrogen) atoms. The summed E-state index contributed by atoms with van der Waals surface area (Å²) in [5, 5.41) is 11.9. The lowest BCUT2D eigenvalue weighted by Crippen LogP contribution is -2.16. The zero-order valence-electron chi connectivity index (χ0n) is 17.7. The number of nitrogens with one attached hydrogen (secondary N) is 2. The standard InChI is InChI=1S/C24H19ClFN3O3S/c1-15-5-3-6-16(2)23(15)29-33(31,32)19-11-9-18(10-12-19)28-24(30)17(14-27)13-20-21(25)7-4-8-22(20)26/h3-13,29H,1-2H3,(H,28,30). The second-order valence-corrected chi connectivity index (χ2v) is 9.25. The van der Waals surface area contributed by atoms with Gasteiger partial charge in [-0.15, -0.1) is 0 Å². The lowest BCUT2D eigenvalue weighted by Gasteiger charge is -2.13. The molecule has 0 aliphatic heterocycles. The second kappa shape index (κ2) is 9.86. The van der Waals surface area contributed by atoms with Crippen LogP contribution in [0.15, 0.2) is 71.1 Å². The van der Waals surface area contributed by atoms with E-state index in [1.807, 2.05) is 6.07 Å². The number of carbonyl (C=O) groups excluding carboxylic acids is 1. The van der Waals surface area contributed by atoms with Crippen LogP contribution in [0.2, 0.25) is 5.02 Å². The molecule has 9 heteroatoms. The van der Waals surface area contributed by atoms with E-state index in [1.165, 1.54) is 36.4 Å². The van der Waals surface area contributed by atoms with Crippen LogP contribution in [0.3, 0.4) is 0 Å². The second-order valence-electron chi connectivity index (χ2n) is 7.16. The van der Waals surface area contributed by atoms with Gasteiger partial charge in [0.25, 0.3) is 15.9 Å². The molecule has 2 N–H and O–H groups in total. The Morgan fingerprint density at radius 2 is 1.64 bits per heavy atom. The Kier molecular flexibility index (Phi) is 7.16. The number of carbonyl (C=O) groups is 1. The SMILES string of the molecule is Cc1cccc(C)c1NS(=O)(=O)c1ccc(NC(=O)C(C#N)=Cc2c(F)cccc2Cl)cc1. The van der Waals surface area contributed by atoms with Gasteiger partial charge < -0.3 is 5.32 Å². The maximum absolute atomic E-state index is 14.0. The molecule has 0 unspecified atom stereocenters. The first-order chi connectivity index (χ1) is 15.6. The molecule has 6 nitrogen and oxygen atoms in total. The largest absolute Gasteiger partial charge is 0.321 e. The fraction of sp³-hybridized carbons (Fsp3) is 0.0833. The van der Waals surface area contributed by atoms with Gasteiger partial charge in [0, 0.05) is 11.3 Å². The maximum atomic E-state index is 14.0. The molecule has 0 aromatic heterocycles. The third kappa shape index (κ3) is 5.58. The number of hydrogen-bond acceptors (Lipinski definition) is 4. The van der Waals surface area contributed by atoms with E-state index in [0.717, 1.165) is 23.3 Å². The van der Waals surface area contributed by atoms with E-state index in [2.05, 4.69) is 10.0 Å². The summed E-state index contributed by atoms with van der Waals surface area (Å²) in [6.45, 7) is 3.61. The Morgan fingerprint density at radius 3 is 2.21 bits per heavy atom. The van der Waals surface area contributed by atoms with E-state index in [0.29, 0.717) is 5.69 Å². The predicted octanol–water partition coefficient (Wildman–Crippen LogP) is 5.44. The van der Waals surface area contributed by atoms with E-state index in [1.54, 1.807) is 32.0 Å². The number of halogens is 2. The van der Waals surface area contributed by atoms with Crippen molar-refractivity contribution in [3.05, 3.63) is 93.8 Å². The Bertz CT molecular complexity index is 1350. The van der Waals surface area contributed by atoms with Gasteiger partial charge in [-0.1, -0.05) is 35.9 Å². The number of para-hydroxylation sites is 1. The highest BCUT2D eigenvalue weighted by Gasteiger charge is 2.17. The normalized spacial score (nSPS) is 11.5. The van der Waals surface area contributed by atoms with Gasteiger partial charge in [-0.25, -0.2) is 12.8 Å². The van der Waals surface area contributed by atoms with Crippen LogP contribution in [0.1, 0.15) is 16.7 Å². The molecule has 168 valence electrons. The summed E-state index contributed by atoms with van der Waals surface area (Å²) in [6, 6.07) is 16.6. The van der Waals surface area contributed by atoms with Crippen LogP contribution in [-0.2, 0) is 14.8 Å². The molecule has 0 atom stereocenters. The quantitative estimate of drug-likeness (QED) is 0.360. The molecule has 3 aromatic rings. The van der Waals surface area contributed by atoms with Crippen LogP contribution < -0.4 is 10.0 Å². The molecule has 0 saturated carbocycles. The first-order valence-electron chi connectivity index (χ1n) is 9.68. The van der Waals surface area contributed by atoms with Gasteiger partial charge in [0.15, 0.2) is 0 Å². The molecule has 0 heterocycles. The van der Waals surface area contributed by atoms with Crippen molar-refractivity contribution >= 4 is 45.0 Å². The molecule has 1 amide bonds. The number of aryl methyl sites for hydroxylation is 2. The summed E-state index contributed by atoms with van der Waals surface area (Å²) in [5.74, 6) is -1.46. The molecule has 0 bridgehead atoms. The van der Waals surface area contributed by atoms with Crippen LogP contribution in [0, 0.1) is 31.0 Å². The van der Waals surface area contributed by atoms with Crippen LogP contribution in [0.5, 0.6) is 0 Å². The highest BCUT2D eigenvalue weighted by molar-refractivity contribution is 7.92. The Labute approximate surface area is 196 Å². The third-order valence-electron chi connectivity index (χ3n) is 4.79. The van der Waals surface area contributed by atoms with Crippen LogP contribution >= 0.6 is 11.6 Å². The van der Waals surface area contributed by atoms with Crippen molar-refractivity contribution in [1.29, 1.82) is 5.26 Å². The maximum Gasteiger partial charge on any atom is 0.266 e. The smallest absolute Gasteiger partial charge is 0.266 e. The summed E-state index contributed by atoms with van der Waals surface area (Å²) in [5.41, 5.74) is 1.89. The Morgan fingerprint density at radius 1 is 1.03 bits per heavy atom. The molecule has 0 aliphatic rings. The van der Waals surface area contributed by atoms with Crippen molar-refractivity contribution in [1.82, 2.24) is 0 Å². The topological polar surface area (TPSA) is 99.1 Å². The average Bonchev–Trinajstić information content (AvgIpc) is 2.76. The monoisotopic (exact) mass is 483 g/mol. The molecule has 0 fully saturated rings. The number of sulfonamides is 1. The third-order valence-corrected chi connectivity index (χ3v) is 6.49. The van der Waals surface area contributed by atoms with Gasteiger partial charge in [-0.2, -0.15) is 5.26 Å². The Balaban J connectivity index is 1.79. The van der Waals surface area contributed by atoms with Crippen molar-refractivity contribution in [2.24, 2.45) is 0 Å². The van der Waals surface area contributed by atoms with Crippen molar-refractivity contribution in [2.45, 2.75) is 18.7 Å². The van der Waals surface area contributed by atoms with Crippen molar-refractivity contribution in [3.8, 4) is 6.07 Å². The summed E-state index contributed by atoms with van der Waals surface area (Å²) < 4.78 is 42.1. The van der Waals surface area contributed by atoms with E-state index in [9.17, 15) is 22.9 Å². The molecular weight excluding hydrogens is 465 g/mol. The lowest BCUT2D eigenvalue weighted by molar-refractivity contribution is -0.112. The Hall–Kier alpha value is -3.67. The summed E-state index contributed by atoms with van der Waals surface area (Å²) in [7, 11) is -3.86. The molecular formula is C24H19ClFN3O3S. The zero-order chi connectivity index (χ0) is 24.2. The van der Waals surface area contributed by atoms with Crippen molar-refractivity contribution < 1.29 is 17.6 Å². The van der Waals surface area contributed by atoms with Gasteiger partial charge in [0.1, 0.15) is 17.5 Å². The van der Waals surface area contributed by atoms with E-state index >= 15 is 0 Å². The number of hydrogen-bond donors (Lipinski definition) is 2. The van der Waals surface area contributed by atoms with Crippen LogP contribution in [0.4, 0.5) is 15.8 Å². The van der Waals surface area contributed by atoms with E-state index in [4.69, 9.17) is 11.6 Å². The first-order valence-corrected chi connectivity index (χ1v) is 11.5. The minimum atomic E-state index is -3.86. The molecule has 0 radical (unpaired) electrons. The van der Waals surface area contributed by atoms with E-state index in [-0.39, 0.29) is 26.7 Å². The van der Waals surface area contributed by atoms with Crippen molar-refractivity contribution in [3.63, 3.8) is 0 Å². The molecule has 3 rings (SSSR count). The number of nitriles is 1. The van der Waals surface area contributed by atoms with Gasteiger partial charge in [-0.05, 0) is 67.4 Å². The fourth-order valence-electron chi connectivity index (χ4n) is 3.03. The molecule has 0 aliphatic carbocycles. The predicted molar refractivity (Wildman–Crippen MR) is 127 cm³/mol. The number of benzene rings is 3. The summed E-state index contributed by atoms with van der Waals surface area (Å²) >= 11 is 5.94. The van der Waals surface area contributed by atoms with Gasteiger partial charge in [-0.3, -0.25) is 9.52 Å². The number of amides is 1. The van der Waals surface area contributed by atoms with Crippen LogP contribution in [0.25, 0.3) is 6.08 Å². The van der Waals surface area contributed by atoms with Crippen molar-refractivity contribution in [2.75, 3.05) is 10.0 Å². The zero-order valence-corrected chi connectivity index (χ0v) is 19.3. The highest BCUT2D eigenvalue weighted by Crippen LogP contribution is 2.25. The fourth-order valence-corrected chi connectivity index (χ4v) is 4.45. The summed E-state index contributed by atoms with van der Waals surface area (Å²) in [6.07, 6.45) is 1.06. The molecule has 3 aromatic carbocycles. The minimum absolute atomic E-state index is 0.00246. The molecule has 0 spiro atoms.